The van der Waals surface area contributed by atoms with Crippen molar-refractivity contribution in [3.63, 3.8) is 0 Å². The predicted molar refractivity (Wildman–Crippen MR) is 77.8 cm³/mol. The lowest BCUT2D eigenvalue weighted by Gasteiger charge is -2.28. The maximum Gasteiger partial charge on any atom is 0.251 e. The summed E-state index contributed by atoms with van der Waals surface area (Å²) >= 11 is 0. The van der Waals surface area contributed by atoms with E-state index >= 15 is 0 Å². The number of benzene rings is 1. The molecule has 3 nitrogen and oxygen atoms in total. The van der Waals surface area contributed by atoms with E-state index in [9.17, 15) is 4.79 Å². The molecular weight excluding hydrogens is 236 g/mol. The van der Waals surface area contributed by atoms with Gasteiger partial charge in [0, 0.05) is 18.2 Å². The summed E-state index contributed by atoms with van der Waals surface area (Å²) in [7, 11) is 0. The Labute approximate surface area is 115 Å². The van der Waals surface area contributed by atoms with Crippen LogP contribution in [-0.2, 0) is 6.54 Å². The Morgan fingerprint density at radius 1 is 1.32 bits per heavy atom. The quantitative estimate of drug-likeness (QED) is 0.874. The van der Waals surface area contributed by atoms with Crippen LogP contribution < -0.4 is 11.1 Å². The molecule has 0 unspecified atom stereocenters. The average molecular weight is 260 g/mol. The maximum atomic E-state index is 12.2. The van der Waals surface area contributed by atoms with E-state index in [1.165, 1.54) is 19.3 Å². The highest BCUT2D eigenvalue weighted by atomic mass is 16.1. The molecule has 1 aliphatic carbocycles. The van der Waals surface area contributed by atoms with Gasteiger partial charge in [-0.25, -0.2) is 0 Å². The average Bonchev–Trinajstić information content (AvgIpc) is 2.48. The third-order valence-electron chi connectivity index (χ3n) is 4.18. The highest BCUT2D eigenvalue weighted by Crippen LogP contribution is 2.26. The van der Waals surface area contributed by atoms with Crippen molar-refractivity contribution in [2.45, 2.75) is 51.6 Å². The molecule has 0 spiro atoms. The fourth-order valence-corrected chi connectivity index (χ4v) is 2.82. The number of nitrogens with one attached hydrogen (secondary N) is 1. The molecule has 0 saturated heterocycles. The van der Waals surface area contributed by atoms with E-state index in [2.05, 4.69) is 12.2 Å². The summed E-state index contributed by atoms with van der Waals surface area (Å²) in [6.45, 7) is 2.73. The third-order valence-corrected chi connectivity index (χ3v) is 4.18. The van der Waals surface area contributed by atoms with Gasteiger partial charge in [-0.2, -0.15) is 0 Å². The van der Waals surface area contributed by atoms with Crippen molar-refractivity contribution in [1.82, 2.24) is 5.32 Å². The first-order valence-corrected chi connectivity index (χ1v) is 7.32. The number of nitrogens with two attached hydrogens (primary N) is 1. The van der Waals surface area contributed by atoms with Gasteiger partial charge in [0.2, 0.25) is 0 Å². The SMILES string of the molecule is CCC1CCC(NC(=O)c2cccc(CN)c2)CC1. The Morgan fingerprint density at radius 3 is 2.68 bits per heavy atom. The second-order valence-corrected chi connectivity index (χ2v) is 5.50. The van der Waals surface area contributed by atoms with Crippen molar-refractivity contribution in [3.05, 3.63) is 35.4 Å². The van der Waals surface area contributed by atoms with Crippen LogP contribution in [0.1, 0.15) is 54.9 Å². The first-order chi connectivity index (χ1) is 9.22. The number of carbonyl (C=O) groups is 1. The lowest BCUT2D eigenvalue weighted by atomic mass is 9.84. The van der Waals surface area contributed by atoms with Crippen LogP contribution in [0.2, 0.25) is 0 Å². The van der Waals surface area contributed by atoms with Crippen LogP contribution in [0.5, 0.6) is 0 Å². The molecule has 19 heavy (non-hydrogen) atoms. The molecule has 0 atom stereocenters. The van der Waals surface area contributed by atoms with Crippen molar-refractivity contribution in [2.24, 2.45) is 11.7 Å². The summed E-state index contributed by atoms with van der Waals surface area (Å²) in [5.74, 6) is 0.893. The molecule has 3 N–H and O–H groups in total. The standard InChI is InChI=1S/C16H24N2O/c1-2-12-6-8-15(9-7-12)18-16(19)14-5-3-4-13(10-14)11-17/h3-5,10,12,15H,2,6-9,11,17H2,1H3,(H,18,19). The van der Waals surface area contributed by atoms with E-state index < -0.39 is 0 Å². The van der Waals surface area contributed by atoms with Crippen molar-refractivity contribution in [2.75, 3.05) is 0 Å². The van der Waals surface area contributed by atoms with Crippen molar-refractivity contribution in [1.29, 1.82) is 0 Å². The Kier molecular flexibility index (Phi) is 4.97. The number of amides is 1. The Bertz CT molecular complexity index is 423. The van der Waals surface area contributed by atoms with E-state index in [1.807, 2.05) is 24.3 Å². The van der Waals surface area contributed by atoms with Gasteiger partial charge in [0.05, 0.1) is 0 Å². The van der Waals surface area contributed by atoms with Crippen LogP contribution in [0, 0.1) is 5.92 Å². The van der Waals surface area contributed by atoms with Gasteiger partial charge in [-0.05, 0) is 49.3 Å². The highest BCUT2D eigenvalue weighted by molar-refractivity contribution is 5.94. The van der Waals surface area contributed by atoms with Crippen LogP contribution in [0.25, 0.3) is 0 Å². The molecule has 0 aliphatic heterocycles. The minimum Gasteiger partial charge on any atom is -0.349 e. The minimum atomic E-state index is 0.0373. The fourth-order valence-electron chi connectivity index (χ4n) is 2.82. The summed E-state index contributed by atoms with van der Waals surface area (Å²) in [5, 5.41) is 3.15. The minimum absolute atomic E-state index is 0.0373. The second kappa shape index (κ2) is 6.71. The molecule has 1 aliphatic rings. The molecule has 1 aromatic rings. The zero-order chi connectivity index (χ0) is 13.7. The van der Waals surface area contributed by atoms with Crippen molar-refractivity contribution < 1.29 is 4.79 Å². The summed E-state index contributed by atoms with van der Waals surface area (Å²) in [6, 6.07) is 7.92. The Morgan fingerprint density at radius 2 is 2.05 bits per heavy atom. The summed E-state index contributed by atoms with van der Waals surface area (Å²) in [6.07, 6.45) is 5.97. The van der Waals surface area contributed by atoms with Crippen LogP contribution >= 0.6 is 0 Å². The van der Waals surface area contributed by atoms with Gasteiger partial charge in [-0.1, -0.05) is 25.5 Å². The number of carbonyl (C=O) groups excluding carboxylic acids is 1. The highest BCUT2D eigenvalue weighted by Gasteiger charge is 2.21. The van der Waals surface area contributed by atoms with Gasteiger partial charge in [0.15, 0.2) is 0 Å². The lowest BCUT2D eigenvalue weighted by molar-refractivity contribution is 0.0921. The van der Waals surface area contributed by atoms with Gasteiger partial charge < -0.3 is 11.1 Å². The zero-order valence-corrected chi connectivity index (χ0v) is 11.7. The van der Waals surface area contributed by atoms with Crippen molar-refractivity contribution in [3.8, 4) is 0 Å². The van der Waals surface area contributed by atoms with E-state index in [4.69, 9.17) is 5.73 Å². The molecule has 0 radical (unpaired) electrons. The smallest absolute Gasteiger partial charge is 0.251 e. The molecule has 3 heteroatoms. The Balaban J connectivity index is 1.90. The molecule has 0 aromatic heterocycles. The summed E-state index contributed by atoms with van der Waals surface area (Å²) in [5.41, 5.74) is 7.33. The second-order valence-electron chi connectivity index (χ2n) is 5.50. The topological polar surface area (TPSA) is 55.1 Å². The molecule has 104 valence electrons. The van der Waals surface area contributed by atoms with E-state index in [0.29, 0.717) is 12.6 Å². The predicted octanol–water partition coefficient (Wildman–Crippen LogP) is 2.84. The molecular formula is C16H24N2O. The largest absolute Gasteiger partial charge is 0.349 e. The molecule has 1 saturated carbocycles. The molecule has 1 aromatic carbocycles. The molecule has 0 heterocycles. The normalized spacial score (nSPS) is 23.1. The monoisotopic (exact) mass is 260 g/mol. The molecule has 0 bridgehead atoms. The van der Waals surface area contributed by atoms with Gasteiger partial charge in [0.25, 0.3) is 5.91 Å². The number of rotatable bonds is 4. The van der Waals surface area contributed by atoms with E-state index in [0.717, 1.165) is 29.9 Å². The lowest BCUT2D eigenvalue weighted by Crippen LogP contribution is -2.37. The summed E-state index contributed by atoms with van der Waals surface area (Å²) < 4.78 is 0. The van der Waals surface area contributed by atoms with E-state index in [1.54, 1.807) is 0 Å². The van der Waals surface area contributed by atoms with Crippen LogP contribution in [0.15, 0.2) is 24.3 Å². The van der Waals surface area contributed by atoms with Crippen LogP contribution in [0.4, 0.5) is 0 Å². The van der Waals surface area contributed by atoms with Crippen molar-refractivity contribution >= 4 is 5.91 Å². The molecule has 2 rings (SSSR count). The van der Waals surface area contributed by atoms with Gasteiger partial charge in [-0.3, -0.25) is 4.79 Å². The van der Waals surface area contributed by atoms with Gasteiger partial charge in [0.1, 0.15) is 0 Å². The summed E-state index contributed by atoms with van der Waals surface area (Å²) in [4.78, 5) is 12.2. The first kappa shape index (κ1) is 14.1. The molecule has 1 fully saturated rings. The maximum absolute atomic E-state index is 12.2. The molecule has 1 amide bonds. The number of hydrogen-bond acceptors (Lipinski definition) is 2. The van der Waals surface area contributed by atoms with E-state index in [-0.39, 0.29) is 5.91 Å². The fraction of sp³-hybridized carbons (Fsp3) is 0.562. The van der Waals surface area contributed by atoms with Gasteiger partial charge >= 0.3 is 0 Å². The Hall–Kier alpha value is -1.35. The van der Waals surface area contributed by atoms with Gasteiger partial charge in [-0.15, -0.1) is 0 Å². The third kappa shape index (κ3) is 3.80. The van der Waals surface area contributed by atoms with Crippen LogP contribution in [-0.4, -0.2) is 11.9 Å². The van der Waals surface area contributed by atoms with Crippen LogP contribution in [0.3, 0.4) is 0 Å². The zero-order valence-electron chi connectivity index (χ0n) is 11.7. The number of hydrogen-bond donors (Lipinski definition) is 2. The first-order valence-electron chi connectivity index (χ1n) is 7.32.